The Morgan fingerprint density at radius 3 is 2.56 bits per heavy atom. The lowest BCUT2D eigenvalue weighted by molar-refractivity contribution is -0.140. The molecule has 106 valence electrons. The van der Waals surface area contributed by atoms with Gasteiger partial charge in [0.2, 0.25) is 0 Å². The van der Waals surface area contributed by atoms with Gasteiger partial charge in [-0.15, -0.1) is 24.0 Å². The molecule has 18 heavy (non-hydrogen) atoms. The molecule has 0 aromatic carbocycles. The number of hydrogen-bond acceptors (Lipinski definition) is 3. The Hall–Kier alpha value is -0.530. The van der Waals surface area contributed by atoms with Gasteiger partial charge in [0, 0.05) is 26.7 Å². The zero-order valence-electron chi connectivity index (χ0n) is 11.4. The van der Waals surface area contributed by atoms with Crippen molar-refractivity contribution in [2.24, 2.45) is 10.9 Å². The fourth-order valence-electron chi connectivity index (χ4n) is 1.93. The van der Waals surface area contributed by atoms with Crippen molar-refractivity contribution in [3.05, 3.63) is 0 Å². The summed E-state index contributed by atoms with van der Waals surface area (Å²) in [7, 11) is 3.18. The summed E-state index contributed by atoms with van der Waals surface area (Å²) in [4.78, 5) is 17.5. The summed E-state index contributed by atoms with van der Waals surface area (Å²) in [5, 5.41) is 3.19. The maximum absolute atomic E-state index is 11.0. The van der Waals surface area contributed by atoms with Crippen LogP contribution in [0.15, 0.2) is 4.99 Å². The van der Waals surface area contributed by atoms with Crippen LogP contribution >= 0.6 is 24.0 Å². The molecule has 6 heteroatoms. The number of likely N-dealkylation sites (tertiary alicyclic amines) is 1. The number of guanidine groups is 1. The topological polar surface area (TPSA) is 53.9 Å². The number of rotatable bonds is 3. The second kappa shape index (κ2) is 9.41. The van der Waals surface area contributed by atoms with Crippen LogP contribution in [0.4, 0.5) is 0 Å². The molecule has 1 saturated heterocycles. The molecule has 0 aromatic heterocycles. The SMILES string of the molecule is CN=C(NCCC(=O)OC)N1CCC(C)CC1.I. The van der Waals surface area contributed by atoms with Gasteiger partial charge in [-0.05, 0) is 18.8 Å². The molecule has 0 radical (unpaired) electrons. The molecular formula is C12H24IN3O2. The Kier molecular flexibility index (Phi) is 9.13. The number of nitrogens with zero attached hydrogens (tertiary/aromatic N) is 2. The van der Waals surface area contributed by atoms with E-state index in [0.717, 1.165) is 25.0 Å². The minimum atomic E-state index is -0.194. The molecule has 0 unspecified atom stereocenters. The fraction of sp³-hybridized carbons (Fsp3) is 0.833. The molecule has 0 aromatic rings. The average molecular weight is 369 g/mol. The van der Waals surface area contributed by atoms with E-state index in [0.29, 0.717) is 13.0 Å². The molecule has 1 N–H and O–H groups in total. The van der Waals surface area contributed by atoms with Crippen molar-refractivity contribution < 1.29 is 9.53 Å². The molecule has 5 nitrogen and oxygen atoms in total. The first-order chi connectivity index (χ1) is 8.17. The number of carbonyl (C=O) groups is 1. The van der Waals surface area contributed by atoms with E-state index in [1.165, 1.54) is 20.0 Å². The maximum atomic E-state index is 11.0. The summed E-state index contributed by atoms with van der Waals surface area (Å²) in [6, 6.07) is 0. The zero-order valence-corrected chi connectivity index (χ0v) is 13.8. The van der Waals surface area contributed by atoms with E-state index in [1.807, 2.05) is 0 Å². The number of nitrogens with one attached hydrogen (secondary N) is 1. The Balaban J connectivity index is 0.00000289. The maximum Gasteiger partial charge on any atom is 0.307 e. The van der Waals surface area contributed by atoms with Crippen LogP contribution in [0.3, 0.4) is 0 Å². The van der Waals surface area contributed by atoms with Crippen LogP contribution in [-0.2, 0) is 9.53 Å². The zero-order chi connectivity index (χ0) is 12.7. The molecule has 1 aliphatic heterocycles. The molecule has 1 heterocycles. The second-order valence-electron chi connectivity index (χ2n) is 4.47. The molecule has 1 aliphatic rings. The van der Waals surface area contributed by atoms with Crippen LogP contribution in [0.5, 0.6) is 0 Å². The van der Waals surface area contributed by atoms with E-state index in [-0.39, 0.29) is 29.9 Å². The predicted molar refractivity (Wildman–Crippen MR) is 83.4 cm³/mol. The third-order valence-corrected chi connectivity index (χ3v) is 3.13. The highest BCUT2D eigenvalue weighted by Crippen LogP contribution is 2.15. The smallest absolute Gasteiger partial charge is 0.307 e. The van der Waals surface area contributed by atoms with Gasteiger partial charge in [0.15, 0.2) is 5.96 Å². The van der Waals surface area contributed by atoms with Crippen LogP contribution in [-0.4, -0.2) is 50.6 Å². The van der Waals surface area contributed by atoms with Gasteiger partial charge in [0.25, 0.3) is 0 Å². The predicted octanol–water partition coefficient (Wildman–Crippen LogP) is 1.47. The van der Waals surface area contributed by atoms with E-state index in [2.05, 4.69) is 26.9 Å². The quantitative estimate of drug-likeness (QED) is 0.354. The highest BCUT2D eigenvalue weighted by Gasteiger charge is 2.18. The molecule has 0 bridgehead atoms. The van der Waals surface area contributed by atoms with Crippen molar-refractivity contribution >= 4 is 35.9 Å². The number of piperidine rings is 1. The molecule has 1 fully saturated rings. The molecule has 0 spiro atoms. The Labute approximate surface area is 126 Å². The number of aliphatic imine (C=N–C) groups is 1. The summed E-state index contributed by atoms with van der Waals surface area (Å²) < 4.78 is 4.59. The number of halogens is 1. The van der Waals surface area contributed by atoms with Gasteiger partial charge in [0.1, 0.15) is 0 Å². The Morgan fingerprint density at radius 1 is 1.44 bits per heavy atom. The largest absolute Gasteiger partial charge is 0.469 e. The van der Waals surface area contributed by atoms with Gasteiger partial charge in [-0.3, -0.25) is 9.79 Å². The van der Waals surface area contributed by atoms with E-state index < -0.39 is 0 Å². The Bertz CT molecular complexity index is 276. The van der Waals surface area contributed by atoms with Gasteiger partial charge >= 0.3 is 5.97 Å². The lowest BCUT2D eigenvalue weighted by Gasteiger charge is -2.32. The lowest BCUT2D eigenvalue weighted by Crippen LogP contribution is -2.45. The van der Waals surface area contributed by atoms with Crippen molar-refractivity contribution in [1.82, 2.24) is 10.2 Å². The van der Waals surface area contributed by atoms with E-state index >= 15 is 0 Å². The molecule has 0 aliphatic carbocycles. The van der Waals surface area contributed by atoms with Crippen molar-refractivity contribution in [2.75, 3.05) is 33.8 Å². The number of carbonyl (C=O) groups excluding carboxylic acids is 1. The van der Waals surface area contributed by atoms with Crippen molar-refractivity contribution in [3.8, 4) is 0 Å². The van der Waals surface area contributed by atoms with Gasteiger partial charge in [-0.1, -0.05) is 6.92 Å². The first-order valence-corrected chi connectivity index (χ1v) is 6.19. The number of hydrogen-bond donors (Lipinski definition) is 1. The molecule has 1 rings (SSSR count). The number of esters is 1. The van der Waals surface area contributed by atoms with Crippen molar-refractivity contribution in [2.45, 2.75) is 26.2 Å². The van der Waals surface area contributed by atoms with Gasteiger partial charge in [-0.2, -0.15) is 0 Å². The first-order valence-electron chi connectivity index (χ1n) is 6.19. The normalized spacial score (nSPS) is 17.1. The highest BCUT2D eigenvalue weighted by molar-refractivity contribution is 14.0. The number of ether oxygens (including phenoxy) is 1. The number of methoxy groups -OCH3 is 1. The van der Waals surface area contributed by atoms with E-state index in [9.17, 15) is 4.79 Å². The highest BCUT2D eigenvalue weighted by atomic mass is 127. The summed E-state index contributed by atoms with van der Waals surface area (Å²) in [6.07, 6.45) is 2.79. The van der Waals surface area contributed by atoms with Gasteiger partial charge in [-0.25, -0.2) is 0 Å². The Morgan fingerprint density at radius 2 is 2.06 bits per heavy atom. The van der Waals surface area contributed by atoms with Crippen LogP contribution in [0.2, 0.25) is 0 Å². The van der Waals surface area contributed by atoms with Crippen LogP contribution in [0, 0.1) is 5.92 Å². The summed E-state index contributed by atoms with van der Waals surface area (Å²) in [5.74, 6) is 1.50. The monoisotopic (exact) mass is 369 g/mol. The van der Waals surface area contributed by atoms with E-state index in [1.54, 1.807) is 7.05 Å². The van der Waals surface area contributed by atoms with Crippen LogP contribution in [0.1, 0.15) is 26.2 Å². The van der Waals surface area contributed by atoms with E-state index in [4.69, 9.17) is 0 Å². The summed E-state index contributed by atoms with van der Waals surface area (Å²) in [6.45, 7) is 4.94. The van der Waals surface area contributed by atoms with Gasteiger partial charge in [0.05, 0.1) is 13.5 Å². The molecule has 0 saturated carbocycles. The van der Waals surface area contributed by atoms with Crippen molar-refractivity contribution in [1.29, 1.82) is 0 Å². The van der Waals surface area contributed by atoms with Crippen LogP contribution in [0.25, 0.3) is 0 Å². The molecular weight excluding hydrogens is 345 g/mol. The third-order valence-electron chi connectivity index (χ3n) is 3.13. The van der Waals surface area contributed by atoms with Crippen molar-refractivity contribution in [3.63, 3.8) is 0 Å². The molecule has 0 atom stereocenters. The third kappa shape index (κ3) is 5.88. The summed E-state index contributed by atoms with van der Waals surface area (Å²) in [5.41, 5.74) is 0. The summed E-state index contributed by atoms with van der Waals surface area (Å²) >= 11 is 0. The first kappa shape index (κ1) is 17.5. The minimum Gasteiger partial charge on any atom is -0.469 e. The average Bonchev–Trinajstić information content (AvgIpc) is 2.35. The fourth-order valence-corrected chi connectivity index (χ4v) is 1.93. The standard InChI is InChI=1S/C12H23N3O2.HI/c1-10-5-8-15(9-6-10)12(13-2)14-7-4-11(16)17-3;/h10H,4-9H2,1-3H3,(H,13,14);1H. The molecule has 0 amide bonds. The van der Waals surface area contributed by atoms with Crippen LogP contribution < -0.4 is 5.32 Å². The minimum absolute atomic E-state index is 0. The second-order valence-corrected chi connectivity index (χ2v) is 4.47. The van der Waals surface area contributed by atoms with Gasteiger partial charge < -0.3 is 15.0 Å². The lowest BCUT2D eigenvalue weighted by atomic mass is 10.00.